The Morgan fingerprint density at radius 3 is 2.26 bits per heavy atom. The minimum Gasteiger partial charge on any atom is -0.481 e. The Kier molecular flexibility index (Phi) is 10.1. The van der Waals surface area contributed by atoms with Crippen LogP contribution in [0.25, 0.3) is 0 Å². The van der Waals surface area contributed by atoms with Crippen molar-refractivity contribution in [2.45, 2.75) is 106 Å². The summed E-state index contributed by atoms with van der Waals surface area (Å²) in [5.41, 5.74) is 0.357. The number of benzene rings is 1. The van der Waals surface area contributed by atoms with Crippen molar-refractivity contribution in [3.63, 3.8) is 0 Å². The molecule has 0 aromatic heterocycles. The number of allylic oxidation sites excluding steroid dienone is 1. The number of carboxylic acids is 1. The molecular formula is C44H63FN2O7. The molecule has 7 rings (SSSR count). The summed E-state index contributed by atoms with van der Waals surface area (Å²) in [6, 6.07) is 6.50. The number of carbonyl (C=O) groups is 3. The van der Waals surface area contributed by atoms with Crippen molar-refractivity contribution >= 4 is 23.6 Å². The van der Waals surface area contributed by atoms with Gasteiger partial charge in [0.25, 0.3) is 0 Å². The van der Waals surface area contributed by atoms with Gasteiger partial charge in [-0.25, -0.2) is 4.39 Å². The Labute approximate surface area is 321 Å². The second-order valence-corrected chi connectivity index (χ2v) is 19.3. The number of esters is 2. The van der Waals surface area contributed by atoms with Crippen LogP contribution in [0.3, 0.4) is 0 Å². The number of hydrogen-bond donors (Lipinski definition) is 1. The lowest BCUT2D eigenvalue weighted by atomic mass is 9.34. The molecule has 5 fully saturated rings. The zero-order valence-corrected chi connectivity index (χ0v) is 33.8. The van der Waals surface area contributed by atoms with Crippen molar-refractivity contribution < 1.29 is 38.1 Å². The SMILES string of the molecule is CC(=O)O[C@@H]1C[C@@]23COC[C@](C)([C@@H]2CC[C@H]2C3=CC[C@@]3(C)[C@H](C(=O)O)[C@@](C)([C@H](C)C(C)C)CC[C@]23C)[C@H]1OC(=O)CN1CCN(c2ccc(F)cc2)CC1. The first-order valence-electron chi connectivity index (χ1n) is 20.5. The first kappa shape index (κ1) is 39.3. The summed E-state index contributed by atoms with van der Waals surface area (Å²) in [6.45, 7) is 21.0. The smallest absolute Gasteiger partial charge is 0.320 e. The van der Waals surface area contributed by atoms with Gasteiger partial charge in [0.05, 0.1) is 25.7 Å². The van der Waals surface area contributed by atoms with E-state index < -0.39 is 46.3 Å². The Hall–Kier alpha value is -2.98. The third kappa shape index (κ3) is 6.02. The summed E-state index contributed by atoms with van der Waals surface area (Å²) < 4.78 is 32.6. The minimum absolute atomic E-state index is 0.135. The molecular weight excluding hydrogens is 687 g/mol. The van der Waals surface area contributed by atoms with Crippen LogP contribution in [0.2, 0.25) is 0 Å². The summed E-state index contributed by atoms with van der Waals surface area (Å²) in [6.07, 6.45) is 6.01. The average Bonchev–Trinajstić information content (AvgIpc) is 3.10. The Morgan fingerprint density at radius 1 is 0.944 bits per heavy atom. The van der Waals surface area contributed by atoms with Crippen LogP contribution < -0.4 is 4.90 Å². The van der Waals surface area contributed by atoms with Crippen molar-refractivity contribution in [3.8, 4) is 0 Å². The first-order valence-corrected chi connectivity index (χ1v) is 20.5. The van der Waals surface area contributed by atoms with Gasteiger partial charge in [-0.3, -0.25) is 19.3 Å². The second kappa shape index (κ2) is 13.9. The summed E-state index contributed by atoms with van der Waals surface area (Å²) in [7, 11) is 0. The normalized spacial score (nSPS) is 41.1. The number of aliphatic carboxylic acids is 1. The number of anilines is 1. The number of nitrogens with zero attached hydrogens (tertiary/aromatic N) is 2. The van der Waals surface area contributed by atoms with Gasteiger partial charge in [-0.05, 0) is 103 Å². The van der Waals surface area contributed by atoms with Crippen LogP contribution in [0, 0.1) is 62.5 Å². The second-order valence-electron chi connectivity index (χ2n) is 19.3. The Morgan fingerprint density at radius 2 is 1.63 bits per heavy atom. The van der Waals surface area contributed by atoms with E-state index in [0.29, 0.717) is 58.2 Å². The van der Waals surface area contributed by atoms with E-state index in [0.717, 1.165) is 31.4 Å². The third-order valence-corrected chi connectivity index (χ3v) is 16.6. The van der Waals surface area contributed by atoms with E-state index in [1.165, 1.54) is 24.6 Å². The molecule has 9 nitrogen and oxygen atoms in total. The molecule has 54 heavy (non-hydrogen) atoms. The molecule has 6 aliphatic rings. The number of rotatable bonds is 8. The fraction of sp³-hybridized carbons (Fsp3) is 0.750. The zero-order valence-electron chi connectivity index (χ0n) is 33.8. The molecule has 298 valence electrons. The predicted molar refractivity (Wildman–Crippen MR) is 204 cm³/mol. The fourth-order valence-electron chi connectivity index (χ4n) is 13.3. The molecule has 1 N–H and O–H groups in total. The maximum Gasteiger partial charge on any atom is 0.320 e. The molecule has 0 unspecified atom stereocenters. The van der Waals surface area contributed by atoms with Crippen LogP contribution >= 0.6 is 0 Å². The molecule has 4 aliphatic carbocycles. The number of carbonyl (C=O) groups excluding carboxylic acids is 2. The minimum atomic E-state index is -0.678. The summed E-state index contributed by atoms with van der Waals surface area (Å²) in [4.78, 5) is 44.2. The number of hydrogen-bond acceptors (Lipinski definition) is 8. The monoisotopic (exact) mass is 750 g/mol. The van der Waals surface area contributed by atoms with E-state index in [1.54, 1.807) is 12.1 Å². The van der Waals surface area contributed by atoms with Crippen molar-refractivity contribution in [1.29, 1.82) is 0 Å². The average molecular weight is 751 g/mol. The molecule has 2 bridgehead atoms. The lowest BCUT2D eigenvalue weighted by Gasteiger charge is -2.71. The molecule has 0 amide bonds. The molecule has 2 saturated heterocycles. The lowest BCUT2D eigenvalue weighted by Crippen LogP contribution is -2.70. The van der Waals surface area contributed by atoms with E-state index >= 15 is 0 Å². The van der Waals surface area contributed by atoms with E-state index in [1.807, 2.05) is 0 Å². The maximum atomic E-state index is 13.8. The number of piperazine rings is 1. The number of ether oxygens (including phenoxy) is 3. The van der Waals surface area contributed by atoms with Crippen LogP contribution in [0.15, 0.2) is 35.9 Å². The standard InChI is InChI=1S/C44H63FN2O7/c1-27(2)28(3)40(5)17-18-42(7)32-13-14-35-41(6)25-52-26-44(35,33(32)15-16-43(42,8)37(40)39(50)51)23-34(53-29(4)48)38(41)54-36(49)24-46-19-21-47(22-20-46)31-11-9-30(45)10-12-31/h9-12,15,27-28,32,34-35,37-38H,13-14,16-26H2,1-8H3,(H,50,51)/t28-,32+,34-,35+,37-,38+,40-,41-,42-,43+,44+/m1/s1. The van der Waals surface area contributed by atoms with Crippen LogP contribution in [0.5, 0.6) is 0 Å². The predicted octanol–water partition coefficient (Wildman–Crippen LogP) is 7.38. The summed E-state index contributed by atoms with van der Waals surface area (Å²) >= 11 is 0. The summed E-state index contributed by atoms with van der Waals surface area (Å²) in [5, 5.41) is 11.0. The molecule has 2 heterocycles. The van der Waals surface area contributed by atoms with E-state index in [-0.39, 0.29) is 46.9 Å². The van der Waals surface area contributed by atoms with Gasteiger partial charge in [0.15, 0.2) is 0 Å². The van der Waals surface area contributed by atoms with Crippen molar-refractivity contribution in [1.82, 2.24) is 4.90 Å². The first-order chi connectivity index (χ1) is 25.4. The largest absolute Gasteiger partial charge is 0.481 e. The topological polar surface area (TPSA) is 106 Å². The Balaban J connectivity index is 1.14. The van der Waals surface area contributed by atoms with E-state index in [9.17, 15) is 23.9 Å². The molecule has 11 atom stereocenters. The molecule has 0 radical (unpaired) electrons. The van der Waals surface area contributed by atoms with Gasteiger partial charge >= 0.3 is 17.9 Å². The van der Waals surface area contributed by atoms with Gasteiger partial charge in [0, 0.05) is 49.6 Å². The molecule has 2 aliphatic heterocycles. The van der Waals surface area contributed by atoms with Gasteiger partial charge in [0.1, 0.15) is 18.0 Å². The van der Waals surface area contributed by atoms with Gasteiger partial charge < -0.3 is 24.2 Å². The van der Waals surface area contributed by atoms with Crippen molar-refractivity contribution in [2.75, 3.05) is 50.8 Å². The number of halogens is 1. The molecule has 1 aromatic carbocycles. The number of carboxylic acid groups (broad SMARTS) is 1. The fourth-order valence-corrected chi connectivity index (χ4v) is 13.3. The van der Waals surface area contributed by atoms with Crippen molar-refractivity contribution in [3.05, 3.63) is 41.7 Å². The molecule has 1 aromatic rings. The highest BCUT2D eigenvalue weighted by atomic mass is 19.1. The van der Waals surface area contributed by atoms with E-state index in [2.05, 4.69) is 64.3 Å². The maximum absolute atomic E-state index is 13.8. The molecule has 3 saturated carbocycles. The number of fused-ring (bicyclic) bond motifs is 3. The van der Waals surface area contributed by atoms with Crippen LogP contribution in [-0.4, -0.2) is 86.1 Å². The Bertz CT molecular complexity index is 1660. The van der Waals surface area contributed by atoms with Crippen LogP contribution in [-0.2, 0) is 28.6 Å². The van der Waals surface area contributed by atoms with Crippen LogP contribution in [0.4, 0.5) is 10.1 Å². The molecule has 10 heteroatoms. The quantitative estimate of drug-likeness (QED) is 0.215. The van der Waals surface area contributed by atoms with Gasteiger partial charge in [0.2, 0.25) is 0 Å². The van der Waals surface area contributed by atoms with Crippen molar-refractivity contribution in [2.24, 2.45) is 56.7 Å². The third-order valence-electron chi connectivity index (χ3n) is 16.6. The molecule has 0 spiro atoms. The van der Waals surface area contributed by atoms with Crippen LogP contribution in [0.1, 0.15) is 93.9 Å². The summed E-state index contributed by atoms with van der Waals surface area (Å²) in [5.74, 6) is -1.15. The van der Waals surface area contributed by atoms with Gasteiger partial charge in [-0.1, -0.05) is 60.1 Å². The zero-order chi connectivity index (χ0) is 39.0. The highest BCUT2D eigenvalue weighted by Crippen LogP contribution is 2.75. The van der Waals surface area contributed by atoms with Gasteiger partial charge in [-0.2, -0.15) is 0 Å². The highest BCUT2D eigenvalue weighted by molar-refractivity contribution is 5.73. The van der Waals surface area contributed by atoms with E-state index in [4.69, 9.17) is 14.2 Å². The highest BCUT2D eigenvalue weighted by Gasteiger charge is 2.72. The van der Waals surface area contributed by atoms with Gasteiger partial charge in [-0.15, -0.1) is 0 Å². The lowest BCUT2D eigenvalue weighted by molar-refractivity contribution is -0.263.